The van der Waals surface area contributed by atoms with Gasteiger partial charge in [0, 0.05) is 38.0 Å². The molecular formula is C18H25N5O3. The van der Waals surface area contributed by atoms with Gasteiger partial charge in [0.05, 0.1) is 24.9 Å². The smallest absolute Gasteiger partial charge is 0.276 e. The van der Waals surface area contributed by atoms with Crippen molar-refractivity contribution in [3.05, 3.63) is 36.0 Å². The Kier molecular flexibility index (Phi) is 5.03. The number of hydrogen-bond donors (Lipinski definition) is 0. The van der Waals surface area contributed by atoms with Crippen molar-refractivity contribution in [1.82, 2.24) is 24.7 Å². The first kappa shape index (κ1) is 17.2. The number of carbonyl (C=O) groups is 1. The monoisotopic (exact) mass is 359 g/mol. The summed E-state index contributed by atoms with van der Waals surface area (Å²) in [5.74, 6) is -0.125. The third-order valence-corrected chi connectivity index (χ3v) is 5.22. The molecule has 0 unspecified atom stereocenters. The molecule has 26 heavy (non-hydrogen) atoms. The number of ether oxygens (including phenoxy) is 1. The maximum absolute atomic E-state index is 13.0. The van der Waals surface area contributed by atoms with E-state index in [1.54, 1.807) is 10.7 Å². The first-order valence-electron chi connectivity index (χ1n) is 9.26. The van der Waals surface area contributed by atoms with Gasteiger partial charge in [-0.15, -0.1) is 0 Å². The van der Waals surface area contributed by atoms with Crippen LogP contribution in [0.25, 0.3) is 0 Å². The summed E-state index contributed by atoms with van der Waals surface area (Å²) in [6.07, 6.45) is 8.89. The molecule has 1 amide bonds. The Bertz CT molecular complexity index is 723. The Morgan fingerprint density at radius 1 is 1.27 bits per heavy atom. The van der Waals surface area contributed by atoms with Gasteiger partial charge in [0.2, 0.25) is 0 Å². The predicted octanol–water partition coefficient (Wildman–Crippen LogP) is 1.48. The van der Waals surface area contributed by atoms with E-state index in [0.29, 0.717) is 18.8 Å². The highest BCUT2D eigenvalue weighted by Crippen LogP contribution is 2.31. The van der Waals surface area contributed by atoms with Crippen LogP contribution >= 0.6 is 0 Å². The van der Waals surface area contributed by atoms with Crippen molar-refractivity contribution in [1.29, 1.82) is 0 Å². The molecule has 0 bridgehead atoms. The Hall–Kier alpha value is -2.19. The molecule has 2 fully saturated rings. The zero-order chi connectivity index (χ0) is 17.9. The summed E-state index contributed by atoms with van der Waals surface area (Å²) < 4.78 is 12.8. The Balaban J connectivity index is 1.60. The van der Waals surface area contributed by atoms with Crippen molar-refractivity contribution in [2.24, 2.45) is 7.05 Å². The second-order valence-electron chi connectivity index (χ2n) is 7.05. The summed E-state index contributed by atoms with van der Waals surface area (Å²) in [4.78, 5) is 17.3. The summed E-state index contributed by atoms with van der Waals surface area (Å²) in [5.41, 5.74) is 1.32. The summed E-state index contributed by atoms with van der Waals surface area (Å²) >= 11 is 0. The van der Waals surface area contributed by atoms with Gasteiger partial charge in [-0.3, -0.25) is 9.48 Å². The molecular weight excluding hydrogens is 334 g/mol. The van der Waals surface area contributed by atoms with Crippen LogP contribution in [0.1, 0.15) is 41.4 Å². The number of morpholine rings is 1. The molecule has 2 aromatic rings. The van der Waals surface area contributed by atoms with Crippen LogP contribution in [0.15, 0.2) is 29.2 Å². The molecule has 140 valence electrons. The van der Waals surface area contributed by atoms with Gasteiger partial charge in [-0.05, 0) is 25.9 Å². The predicted molar refractivity (Wildman–Crippen MR) is 93.5 cm³/mol. The van der Waals surface area contributed by atoms with Gasteiger partial charge in [0.1, 0.15) is 6.26 Å². The third kappa shape index (κ3) is 3.52. The van der Waals surface area contributed by atoms with Crippen LogP contribution < -0.4 is 0 Å². The quantitative estimate of drug-likeness (QED) is 0.823. The number of rotatable bonds is 4. The molecule has 2 aromatic heterocycles. The SMILES string of the molecule is Cn1cc([C@H]2[C@H](CN3CCCCC3)OCCN2C(=O)c2ccon2)cn1. The molecule has 4 rings (SSSR count). The number of carbonyl (C=O) groups excluding carboxylic acids is 1. The van der Waals surface area contributed by atoms with Crippen LogP contribution in [-0.4, -0.2) is 69.5 Å². The van der Waals surface area contributed by atoms with Gasteiger partial charge in [-0.2, -0.15) is 5.10 Å². The van der Waals surface area contributed by atoms with Gasteiger partial charge in [0.15, 0.2) is 5.69 Å². The fraction of sp³-hybridized carbons (Fsp3) is 0.611. The molecule has 0 radical (unpaired) electrons. The maximum atomic E-state index is 13.0. The molecule has 0 aliphatic carbocycles. The molecule has 2 saturated heterocycles. The van der Waals surface area contributed by atoms with Gasteiger partial charge in [-0.1, -0.05) is 11.6 Å². The molecule has 0 spiro atoms. The summed E-state index contributed by atoms with van der Waals surface area (Å²) in [6, 6.07) is 1.43. The fourth-order valence-electron chi connectivity index (χ4n) is 3.97. The molecule has 2 aliphatic heterocycles. The highest BCUT2D eigenvalue weighted by molar-refractivity contribution is 5.92. The minimum absolute atomic E-state index is 0.0816. The normalized spacial score (nSPS) is 24.7. The number of piperidine rings is 1. The van der Waals surface area contributed by atoms with Crippen molar-refractivity contribution in [3.8, 4) is 0 Å². The van der Waals surface area contributed by atoms with Crippen molar-refractivity contribution in [2.75, 3.05) is 32.8 Å². The largest absolute Gasteiger partial charge is 0.373 e. The maximum Gasteiger partial charge on any atom is 0.276 e. The Labute approximate surface area is 152 Å². The van der Waals surface area contributed by atoms with Crippen LogP contribution in [-0.2, 0) is 11.8 Å². The van der Waals surface area contributed by atoms with E-state index in [0.717, 1.165) is 25.2 Å². The molecule has 0 N–H and O–H groups in total. The number of aromatic nitrogens is 3. The van der Waals surface area contributed by atoms with Gasteiger partial charge < -0.3 is 19.1 Å². The molecule has 8 nitrogen and oxygen atoms in total. The van der Waals surface area contributed by atoms with Gasteiger partial charge in [0.25, 0.3) is 5.91 Å². The molecule has 8 heteroatoms. The lowest BCUT2D eigenvalue weighted by atomic mass is 9.99. The first-order valence-corrected chi connectivity index (χ1v) is 9.26. The number of nitrogens with zero attached hydrogens (tertiary/aromatic N) is 5. The molecule has 2 aliphatic rings. The van der Waals surface area contributed by atoms with Crippen LogP contribution in [0.3, 0.4) is 0 Å². The zero-order valence-corrected chi connectivity index (χ0v) is 15.1. The lowest BCUT2D eigenvalue weighted by molar-refractivity contribution is -0.0743. The van der Waals surface area contributed by atoms with E-state index in [9.17, 15) is 4.79 Å². The second kappa shape index (κ2) is 7.59. The Morgan fingerprint density at radius 2 is 2.12 bits per heavy atom. The number of likely N-dealkylation sites (tertiary alicyclic amines) is 1. The minimum Gasteiger partial charge on any atom is -0.373 e. The van der Waals surface area contributed by atoms with Gasteiger partial charge in [-0.25, -0.2) is 0 Å². The highest BCUT2D eigenvalue weighted by atomic mass is 16.5. The van der Waals surface area contributed by atoms with Crippen LogP contribution in [0.5, 0.6) is 0 Å². The molecule has 0 saturated carbocycles. The minimum atomic E-state index is -0.177. The van der Waals surface area contributed by atoms with Crippen LogP contribution in [0.4, 0.5) is 0 Å². The van der Waals surface area contributed by atoms with Crippen molar-refractivity contribution in [3.63, 3.8) is 0 Å². The average molecular weight is 359 g/mol. The van der Waals surface area contributed by atoms with E-state index in [-0.39, 0.29) is 18.1 Å². The van der Waals surface area contributed by atoms with E-state index >= 15 is 0 Å². The van der Waals surface area contributed by atoms with Crippen LogP contribution in [0.2, 0.25) is 0 Å². The second-order valence-corrected chi connectivity index (χ2v) is 7.05. The molecule has 4 heterocycles. The lowest BCUT2D eigenvalue weighted by Crippen LogP contribution is -2.52. The highest BCUT2D eigenvalue weighted by Gasteiger charge is 2.39. The molecule has 2 atom stereocenters. The molecule has 0 aromatic carbocycles. The van der Waals surface area contributed by atoms with Crippen LogP contribution in [0, 0.1) is 0 Å². The van der Waals surface area contributed by atoms with E-state index in [2.05, 4.69) is 15.2 Å². The third-order valence-electron chi connectivity index (χ3n) is 5.22. The average Bonchev–Trinajstić information content (AvgIpc) is 3.34. The van der Waals surface area contributed by atoms with E-state index < -0.39 is 0 Å². The first-order chi connectivity index (χ1) is 12.7. The zero-order valence-electron chi connectivity index (χ0n) is 15.1. The van der Waals surface area contributed by atoms with Gasteiger partial charge >= 0.3 is 0 Å². The summed E-state index contributed by atoms with van der Waals surface area (Å²) in [7, 11) is 1.89. The van der Waals surface area contributed by atoms with E-state index in [4.69, 9.17) is 9.26 Å². The summed E-state index contributed by atoms with van der Waals surface area (Å²) in [6.45, 7) is 4.07. The topological polar surface area (TPSA) is 76.6 Å². The number of amides is 1. The van der Waals surface area contributed by atoms with Crippen molar-refractivity contribution < 1.29 is 14.1 Å². The van der Waals surface area contributed by atoms with Crippen molar-refractivity contribution in [2.45, 2.75) is 31.4 Å². The fourth-order valence-corrected chi connectivity index (χ4v) is 3.97. The van der Waals surface area contributed by atoms with Crippen molar-refractivity contribution >= 4 is 5.91 Å². The van der Waals surface area contributed by atoms with E-state index in [1.807, 2.05) is 24.3 Å². The Morgan fingerprint density at radius 3 is 2.81 bits per heavy atom. The lowest BCUT2D eigenvalue weighted by Gasteiger charge is -2.42. The standard InChI is InChI=1S/C18H25N5O3/c1-21-12-14(11-19-21)17-16(13-22-6-3-2-4-7-22)25-10-8-23(17)18(24)15-5-9-26-20-15/h5,9,11-12,16-17H,2-4,6-8,10,13H2,1H3/t16-,17-/m0/s1. The summed E-state index contributed by atoms with van der Waals surface area (Å²) in [5, 5.41) is 8.13. The number of aryl methyl sites for hydroxylation is 1. The van der Waals surface area contributed by atoms with E-state index in [1.165, 1.54) is 25.5 Å². The number of hydrogen-bond acceptors (Lipinski definition) is 6.